The van der Waals surface area contributed by atoms with Crippen molar-refractivity contribution < 1.29 is 19.1 Å². The van der Waals surface area contributed by atoms with Gasteiger partial charge in [0.2, 0.25) is 0 Å². The third kappa shape index (κ3) is 5.85. The van der Waals surface area contributed by atoms with Crippen LogP contribution in [0.4, 0.5) is 0 Å². The number of nitrogens with one attached hydrogen (secondary N) is 3. The Hall–Kier alpha value is -3.35. The smallest absolute Gasteiger partial charge is 0.269 e. The summed E-state index contributed by atoms with van der Waals surface area (Å²) in [7, 11) is 0. The fraction of sp³-hybridized carbons (Fsp3) is 0.250. The monoisotopic (exact) mass is 369 g/mol. The molecule has 0 bridgehead atoms. The van der Waals surface area contributed by atoms with Crippen molar-refractivity contribution in [2.45, 2.75) is 20.3 Å². The second kappa shape index (κ2) is 9.96. The zero-order valence-corrected chi connectivity index (χ0v) is 15.4. The summed E-state index contributed by atoms with van der Waals surface area (Å²) in [5.41, 5.74) is 6.48. The summed E-state index contributed by atoms with van der Waals surface area (Å²) in [6, 6.07) is 13.8. The molecule has 2 rings (SSSR count). The predicted octanol–water partition coefficient (Wildman–Crippen LogP) is 1.84. The van der Waals surface area contributed by atoms with Crippen molar-refractivity contribution in [3.63, 3.8) is 0 Å². The number of ether oxygens (including phenoxy) is 1. The van der Waals surface area contributed by atoms with Crippen molar-refractivity contribution in [3.05, 3.63) is 65.2 Å². The Kier molecular flexibility index (Phi) is 7.37. The van der Waals surface area contributed by atoms with E-state index >= 15 is 0 Å². The van der Waals surface area contributed by atoms with Crippen LogP contribution in [0.3, 0.4) is 0 Å². The maximum Gasteiger partial charge on any atom is 0.269 e. The van der Waals surface area contributed by atoms with Gasteiger partial charge in [-0.05, 0) is 43.2 Å². The maximum absolute atomic E-state index is 12.2. The second-order valence-electron chi connectivity index (χ2n) is 5.66. The number of aryl methyl sites for hydroxylation is 1. The first-order valence-corrected chi connectivity index (χ1v) is 8.73. The first-order valence-electron chi connectivity index (χ1n) is 8.73. The Labute approximate surface area is 158 Å². The number of carbonyl (C=O) groups is 3. The van der Waals surface area contributed by atoms with Crippen molar-refractivity contribution in [2.24, 2.45) is 0 Å². The van der Waals surface area contributed by atoms with E-state index in [1.807, 2.05) is 26.0 Å². The van der Waals surface area contributed by atoms with Crippen molar-refractivity contribution in [1.82, 2.24) is 16.2 Å². The van der Waals surface area contributed by atoms with E-state index in [-0.39, 0.29) is 6.54 Å². The van der Waals surface area contributed by atoms with Crippen LogP contribution in [-0.4, -0.2) is 30.9 Å². The van der Waals surface area contributed by atoms with Gasteiger partial charge < -0.3 is 10.1 Å². The predicted molar refractivity (Wildman–Crippen MR) is 101 cm³/mol. The molecule has 0 atom stereocenters. The number of benzene rings is 2. The minimum atomic E-state index is -0.546. The first-order chi connectivity index (χ1) is 13.0. The molecule has 3 amide bonds. The van der Waals surface area contributed by atoms with Gasteiger partial charge in [0.1, 0.15) is 5.75 Å². The molecule has 3 N–H and O–H groups in total. The van der Waals surface area contributed by atoms with Gasteiger partial charge in [0.25, 0.3) is 17.7 Å². The second-order valence-corrected chi connectivity index (χ2v) is 5.66. The van der Waals surface area contributed by atoms with E-state index in [4.69, 9.17) is 4.74 Å². The van der Waals surface area contributed by atoms with Crippen LogP contribution in [0.25, 0.3) is 0 Å². The highest BCUT2D eigenvalue weighted by molar-refractivity contribution is 5.99. The lowest BCUT2D eigenvalue weighted by molar-refractivity contribution is -0.120. The zero-order chi connectivity index (χ0) is 19.6. The van der Waals surface area contributed by atoms with Gasteiger partial charge in [-0.2, -0.15) is 0 Å². The Morgan fingerprint density at radius 2 is 1.59 bits per heavy atom. The Morgan fingerprint density at radius 1 is 0.889 bits per heavy atom. The molecule has 0 fully saturated rings. The lowest BCUT2D eigenvalue weighted by Crippen LogP contribution is -2.46. The molecule has 0 aliphatic rings. The molecule has 0 saturated carbocycles. The fourth-order valence-corrected chi connectivity index (χ4v) is 2.33. The normalized spacial score (nSPS) is 10.0. The van der Waals surface area contributed by atoms with Crippen LogP contribution in [-0.2, 0) is 11.2 Å². The van der Waals surface area contributed by atoms with Gasteiger partial charge in [0.15, 0.2) is 0 Å². The summed E-state index contributed by atoms with van der Waals surface area (Å²) in [6.45, 7) is 3.99. The highest BCUT2D eigenvalue weighted by atomic mass is 16.5. The van der Waals surface area contributed by atoms with E-state index in [9.17, 15) is 14.4 Å². The Bertz CT molecular complexity index is 803. The van der Waals surface area contributed by atoms with Crippen LogP contribution in [0.5, 0.6) is 5.75 Å². The highest BCUT2D eigenvalue weighted by Gasteiger charge is 2.13. The summed E-state index contributed by atoms with van der Waals surface area (Å²) in [6.07, 6.45) is 0.880. The van der Waals surface area contributed by atoms with Crippen molar-refractivity contribution in [2.75, 3.05) is 13.2 Å². The molecule has 2 aromatic carbocycles. The van der Waals surface area contributed by atoms with Gasteiger partial charge in [-0.25, -0.2) is 0 Å². The van der Waals surface area contributed by atoms with Gasteiger partial charge in [0, 0.05) is 5.56 Å². The molecule has 0 saturated heterocycles. The van der Waals surface area contributed by atoms with Gasteiger partial charge in [-0.3, -0.25) is 25.2 Å². The molecule has 0 aliphatic heterocycles. The van der Waals surface area contributed by atoms with Crippen LogP contribution in [0.1, 0.15) is 40.1 Å². The number of carbonyl (C=O) groups excluding carboxylic acids is 3. The van der Waals surface area contributed by atoms with Crippen LogP contribution < -0.4 is 20.9 Å². The molecule has 7 heteroatoms. The molecule has 7 nitrogen and oxygen atoms in total. The summed E-state index contributed by atoms with van der Waals surface area (Å²) in [4.78, 5) is 36.1. The summed E-state index contributed by atoms with van der Waals surface area (Å²) in [5.74, 6) is -0.966. The molecule has 27 heavy (non-hydrogen) atoms. The average Bonchev–Trinajstić information content (AvgIpc) is 2.71. The molecule has 0 radical (unpaired) electrons. The summed E-state index contributed by atoms with van der Waals surface area (Å²) in [5, 5.41) is 2.49. The van der Waals surface area contributed by atoms with E-state index in [1.165, 1.54) is 0 Å². The Morgan fingerprint density at radius 3 is 2.26 bits per heavy atom. The van der Waals surface area contributed by atoms with E-state index in [1.54, 1.807) is 36.4 Å². The van der Waals surface area contributed by atoms with Gasteiger partial charge in [0.05, 0.1) is 18.7 Å². The van der Waals surface area contributed by atoms with Crippen LogP contribution in [0.15, 0.2) is 48.5 Å². The standard InChI is InChI=1S/C20H23N3O4/c1-3-14-9-11-15(12-10-14)19(25)23-22-18(24)13-21-20(26)16-7-5-6-8-17(16)27-4-2/h5-12H,3-4,13H2,1-2H3,(H,21,26)(H,22,24)(H,23,25). The number of rotatable bonds is 7. The molecule has 0 unspecified atom stereocenters. The lowest BCUT2D eigenvalue weighted by atomic mass is 10.1. The third-order valence-electron chi connectivity index (χ3n) is 3.78. The zero-order valence-electron chi connectivity index (χ0n) is 15.4. The average molecular weight is 369 g/mol. The van der Waals surface area contributed by atoms with Crippen LogP contribution in [0.2, 0.25) is 0 Å². The first kappa shape index (κ1) is 20.0. The van der Waals surface area contributed by atoms with Crippen molar-refractivity contribution >= 4 is 17.7 Å². The van der Waals surface area contributed by atoms with Crippen LogP contribution >= 0.6 is 0 Å². The molecule has 0 aliphatic carbocycles. The number of hydrogen-bond donors (Lipinski definition) is 3. The molecule has 0 heterocycles. The quantitative estimate of drug-likeness (QED) is 0.649. The lowest BCUT2D eigenvalue weighted by Gasteiger charge is -2.11. The molecule has 0 aromatic heterocycles. The summed E-state index contributed by atoms with van der Waals surface area (Å²) < 4.78 is 5.39. The fourth-order valence-electron chi connectivity index (χ4n) is 2.33. The van der Waals surface area contributed by atoms with Crippen molar-refractivity contribution in [3.8, 4) is 5.75 Å². The van der Waals surface area contributed by atoms with E-state index in [0.29, 0.717) is 23.5 Å². The molecular formula is C20H23N3O4. The number of amides is 3. The number of hydrazine groups is 1. The van der Waals surface area contributed by atoms with Crippen molar-refractivity contribution in [1.29, 1.82) is 0 Å². The number of para-hydroxylation sites is 1. The SMILES string of the molecule is CCOc1ccccc1C(=O)NCC(=O)NNC(=O)c1ccc(CC)cc1. The minimum Gasteiger partial charge on any atom is -0.493 e. The Balaban J connectivity index is 1.82. The maximum atomic E-state index is 12.2. The highest BCUT2D eigenvalue weighted by Crippen LogP contribution is 2.17. The van der Waals surface area contributed by atoms with E-state index < -0.39 is 17.7 Å². The molecule has 2 aromatic rings. The minimum absolute atomic E-state index is 0.283. The van der Waals surface area contributed by atoms with Crippen LogP contribution in [0, 0.1) is 0 Å². The molecule has 142 valence electrons. The topological polar surface area (TPSA) is 96.5 Å². The number of hydrogen-bond acceptors (Lipinski definition) is 4. The van der Waals surface area contributed by atoms with E-state index in [0.717, 1.165) is 12.0 Å². The van der Waals surface area contributed by atoms with Gasteiger partial charge in [-0.1, -0.05) is 31.2 Å². The van der Waals surface area contributed by atoms with Gasteiger partial charge in [-0.15, -0.1) is 0 Å². The largest absolute Gasteiger partial charge is 0.493 e. The summed E-state index contributed by atoms with van der Waals surface area (Å²) >= 11 is 0. The molecule has 0 spiro atoms. The van der Waals surface area contributed by atoms with E-state index in [2.05, 4.69) is 16.2 Å². The third-order valence-corrected chi connectivity index (χ3v) is 3.78. The van der Waals surface area contributed by atoms with Gasteiger partial charge >= 0.3 is 0 Å². The molecular weight excluding hydrogens is 346 g/mol.